The van der Waals surface area contributed by atoms with Gasteiger partial charge in [0.15, 0.2) is 5.13 Å². The number of hydrogen-bond acceptors (Lipinski definition) is 7. The van der Waals surface area contributed by atoms with Crippen LogP contribution in [0.15, 0.2) is 69.6 Å². The van der Waals surface area contributed by atoms with Crippen LogP contribution < -0.4 is 10.0 Å². The molecule has 4 aromatic rings. The number of benzene rings is 1. The lowest BCUT2D eigenvalue weighted by atomic mass is 10.2. The zero-order chi connectivity index (χ0) is 20.3. The van der Waals surface area contributed by atoms with Gasteiger partial charge in [0.1, 0.15) is 0 Å². The Hall–Kier alpha value is -2.37. The molecular weight excluding hydrogens is 446 g/mol. The van der Waals surface area contributed by atoms with E-state index < -0.39 is 10.0 Å². The van der Waals surface area contributed by atoms with E-state index in [4.69, 9.17) is 0 Å². The van der Waals surface area contributed by atoms with E-state index in [1.54, 1.807) is 11.3 Å². The van der Waals surface area contributed by atoms with E-state index in [-0.39, 0.29) is 17.3 Å². The molecule has 0 saturated carbocycles. The maximum Gasteiger partial charge on any atom is 0.257 e. The summed E-state index contributed by atoms with van der Waals surface area (Å²) >= 11 is 4.41. The van der Waals surface area contributed by atoms with Crippen molar-refractivity contribution in [1.82, 2.24) is 9.71 Å². The summed E-state index contributed by atoms with van der Waals surface area (Å²) in [5, 5.41) is 8.99. The Bertz CT molecular complexity index is 1200. The van der Waals surface area contributed by atoms with Crippen LogP contribution in [0, 0.1) is 0 Å². The van der Waals surface area contributed by atoms with Crippen molar-refractivity contribution in [2.24, 2.45) is 0 Å². The Kier molecular flexibility index (Phi) is 5.88. The molecule has 10 heteroatoms. The second-order valence-electron chi connectivity index (χ2n) is 5.90. The summed E-state index contributed by atoms with van der Waals surface area (Å²) in [4.78, 5) is 18.9. The Balaban J connectivity index is 1.41. The number of nitrogens with one attached hydrogen (secondary N) is 2. The Morgan fingerprint density at radius 1 is 0.966 bits per heavy atom. The van der Waals surface area contributed by atoms with Gasteiger partial charge in [-0.3, -0.25) is 10.1 Å². The fourth-order valence-corrected chi connectivity index (χ4v) is 5.69. The number of sulfonamides is 1. The minimum atomic E-state index is -3.64. The first-order chi connectivity index (χ1) is 14.0. The van der Waals surface area contributed by atoms with Gasteiger partial charge in [0.2, 0.25) is 10.0 Å². The van der Waals surface area contributed by atoms with Gasteiger partial charge in [-0.05, 0) is 47.2 Å². The predicted octanol–water partition coefficient (Wildman–Crippen LogP) is 4.66. The quantitative estimate of drug-likeness (QED) is 0.419. The van der Waals surface area contributed by atoms with Crippen molar-refractivity contribution in [1.29, 1.82) is 0 Å². The molecule has 6 nitrogen and oxygen atoms in total. The van der Waals surface area contributed by atoms with Crippen LogP contribution >= 0.6 is 34.0 Å². The van der Waals surface area contributed by atoms with E-state index in [2.05, 4.69) is 15.0 Å². The van der Waals surface area contributed by atoms with Crippen molar-refractivity contribution >= 4 is 55.1 Å². The molecule has 0 unspecified atom stereocenters. The Morgan fingerprint density at radius 3 is 2.41 bits per heavy atom. The topological polar surface area (TPSA) is 88.2 Å². The summed E-state index contributed by atoms with van der Waals surface area (Å²) in [7, 11) is -3.64. The number of carbonyl (C=O) groups is 1. The van der Waals surface area contributed by atoms with Gasteiger partial charge in [0.05, 0.1) is 15.5 Å². The maximum absolute atomic E-state index is 12.4. The number of nitrogens with zero attached hydrogens (tertiary/aromatic N) is 1. The molecule has 29 heavy (non-hydrogen) atoms. The standard InChI is InChI=1S/C19H15N3O3S4/c23-18(22-19-21-16(12-28-19)17-4-2-10-27-17)13-5-7-15(8-6-13)29(24,25)20-11-14-3-1-9-26-14/h1-10,12,20H,11H2,(H,21,22,23). The molecule has 0 spiro atoms. The first kappa shape index (κ1) is 19.9. The lowest BCUT2D eigenvalue weighted by Crippen LogP contribution is -2.23. The van der Waals surface area contributed by atoms with E-state index in [1.165, 1.54) is 46.9 Å². The van der Waals surface area contributed by atoms with Crippen LogP contribution in [0.3, 0.4) is 0 Å². The van der Waals surface area contributed by atoms with E-state index in [0.29, 0.717) is 10.7 Å². The van der Waals surface area contributed by atoms with E-state index in [9.17, 15) is 13.2 Å². The lowest BCUT2D eigenvalue weighted by Gasteiger charge is -2.07. The van der Waals surface area contributed by atoms with E-state index in [1.807, 2.05) is 40.4 Å². The monoisotopic (exact) mass is 461 g/mol. The first-order valence-electron chi connectivity index (χ1n) is 8.44. The molecule has 4 rings (SSSR count). The van der Waals surface area contributed by atoms with Crippen molar-refractivity contribution < 1.29 is 13.2 Å². The first-order valence-corrected chi connectivity index (χ1v) is 12.6. The predicted molar refractivity (Wildman–Crippen MR) is 118 cm³/mol. The number of amides is 1. The van der Waals surface area contributed by atoms with Crippen LogP contribution in [-0.4, -0.2) is 19.3 Å². The van der Waals surface area contributed by atoms with Crippen molar-refractivity contribution in [3.63, 3.8) is 0 Å². The number of rotatable bonds is 7. The molecule has 3 aromatic heterocycles. The van der Waals surface area contributed by atoms with Gasteiger partial charge < -0.3 is 0 Å². The second-order valence-corrected chi connectivity index (χ2v) is 10.5. The second kappa shape index (κ2) is 8.56. The maximum atomic E-state index is 12.4. The summed E-state index contributed by atoms with van der Waals surface area (Å²) in [5.74, 6) is -0.340. The highest BCUT2D eigenvalue weighted by Crippen LogP contribution is 2.28. The van der Waals surface area contributed by atoms with Gasteiger partial charge in [0.25, 0.3) is 5.91 Å². The van der Waals surface area contributed by atoms with Crippen LogP contribution in [0.1, 0.15) is 15.2 Å². The molecule has 0 atom stereocenters. The van der Waals surface area contributed by atoms with E-state index >= 15 is 0 Å². The number of aromatic nitrogens is 1. The fourth-order valence-electron chi connectivity index (χ4n) is 2.49. The molecule has 3 heterocycles. The lowest BCUT2D eigenvalue weighted by molar-refractivity contribution is 0.102. The van der Waals surface area contributed by atoms with E-state index in [0.717, 1.165) is 15.4 Å². The van der Waals surface area contributed by atoms with Crippen LogP contribution in [-0.2, 0) is 16.6 Å². The smallest absolute Gasteiger partial charge is 0.257 e. The zero-order valence-electron chi connectivity index (χ0n) is 14.9. The molecule has 0 aliphatic heterocycles. The zero-order valence-corrected chi connectivity index (χ0v) is 18.1. The largest absolute Gasteiger partial charge is 0.298 e. The summed E-state index contributed by atoms with van der Waals surface area (Å²) in [6, 6.07) is 13.5. The molecule has 0 bridgehead atoms. The Labute approximate surface area is 179 Å². The Morgan fingerprint density at radius 2 is 1.72 bits per heavy atom. The van der Waals surface area contributed by atoms with Crippen LogP contribution in [0.25, 0.3) is 10.6 Å². The number of carbonyl (C=O) groups excluding carboxylic acids is 1. The van der Waals surface area contributed by atoms with Gasteiger partial charge in [-0.2, -0.15) is 0 Å². The molecule has 0 aliphatic carbocycles. The summed E-state index contributed by atoms with van der Waals surface area (Å²) in [6.45, 7) is 0.235. The summed E-state index contributed by atoms with van der Waals surface area (Å²) in [5.41, 5.74) is 1.17. The normalized spacial score (nSPS) is 11.4. The third-order valence-electron chi connectivity index (χ3n) is 3.94. The number of hydrogen-bond donors (Lipinski definition) is 2. The van der Waals surface area contributed by atoms with Crippen LogP contribution in [0.4, 0.5) is 5.13 Å². The van der Waals surface area contributed by atoms with Gasteiger partial charge in [0, 0.05) is 22.4 Å². The molecule has 1 amide bonds. The average Bonchev–Trinajstić information content (AvgIpc) is 3.48. The number of anilines is 1. The third kappa shape index (κ3) is 4.80. The molecule has 0 aliphatic rings. The molecular formula is C19H15N3O3S4. The summed E-state index contributed by atoms with van der Waals surface area (Å²) in [6.07, 6.45) is 0. The molecule has 0 fully saturated rings. The highest BCUT2D eigenvalue weighted by Gasteiger charge is 2.16. The van der Waals surface area contributed by atoms with Crippen LogP contribution in [0.5, 0.6) is 0 Å². The molecule has 0 radical (unpaired) electrons. The number of thiophene rings is 2. The van der Waals surface area contributed by atoms with Gasteiger partial charge in [-0.25, -0.2) is 18.1 Å². The molecule has 0 saturated heterocycles. The van der Waals surface area contributed by atoms with Gasteiger partial charge in [-0.1, -0.05) is 12.1 Å². The SMILES string of the molecule is O=C(Nc1nc(-c2cccs2)cs1)c1ccc(S(=O)(=O)NCc2cccs2)cc1. The van der Waals surface area contributed by atoms with Crippen molar-refractivity contribution in [3.8, 4) is 10.6 Å². The van der Waals surface area contributed by atoms with Gasteiger partial charge >= 0.3 is 0 Å². The summed E-state index contributed by atoms with van der Waals surface area (Å²) < 4.78 is 27.4. The average molecular weight is 462 g/mol. The van der Waals surface area contributed by atoms with Crippen molar-refractivity contribution in [2.45, 2.75) is 11.4 Å². The molecule has 2 N–H and O–H groups in total. The molecule has 1 aromatic carbocycles. The molecule has 148 valence electrons. The third-order valence-corrected chi connectivity index (χ3v) is 7.89. The van der Waals surface area contributed by atoms with Crippen molar-refractivity contribution in [3.05, 3.63) is 75.1 Å². The minimum absolute atomic E-state index is 0.111. The minimum Gasteiger partial charge on any atom is -0.298 e. The van der Waals surface area contributed by atoms with Crippen molar-refractivity contribution in [2.75, 3.05) is 5.32 Å². The fraction of sp³-hybridized carbons (Fsp3) is 0.0526. The van der Waals surface area contributed by atoms with Gasteiger partial charge in [-0.15, -0.1) is 34.0 Å². The number of thiazole rings is 1. The highest BCUT2D eigenvalue weighted by atomic mass is 32.2. The highest BCUT2D eigenvalue weighted by molar-refractivity contribution is 7.89. The van der Waals surface area contributed by atoms with Crippen LogP contribution in [0.2, 0.25) is 0 Å².